The minimum Gasteiger partial charge on any atom is -0.356 e. The molecule has 2 atom stereocenters. The van der Waals surface area contributed by atoms with E-state index >= 15 is 0 Å². The first-order valence-corrected chi connectivity index (χ1v) is 8.14. The molecule has 4 N–H and O–H groups in total. The van der Waals surface area contributed by atoms with E-state index in [0.717, 1.165) is 28.3 Å². The van der Waals surface area contributed by atoms with Gasteiger partial charge in [-0.2, -0.15) is 0 Å². The summed E-state index contributed by atoms with van der Waals surface area (Å²) < 4.78 is 0. The molecule has 4 rings (SSSR count). The van der Waals surface area contributed by atoms with E-state index in [2.05, 4.69) is 58.7 Å². The zero-order chi connectivity index (χ0) is 16.7. The fourth-order valence-corrected chi connectivity index (χ4v) is 3.14. The van der Waals surface area contributed by atoms with E-state index in [9.17, 15) is 0 Å². The summed E-state index contributed by atoms with van der Waals surface area (Å²) in [6, 6.07) is 7.96. The van der Waals surface area contributed by atoms with E-state index < -0.39 is 0 Å². The van der Waals surface area contributed by atoms with Crippen LogP contribution in [0.25, 0.3) is 11.0 Å². The molecule has 0 fully saturated rings. The van der Waals surface area contributed by atoms with Crippen LogP contribution in [0.2, 0.25) is 0 Å². The van der Waals surface area contributed by atoms with Crippen molar-refractivity contribution in [2.24, 2.45) is 5.92 Å². The number of imidazole rings is 1. The van der Waals surface area contributed by atoms with E-state index in [1.54, 1.807) is 0 Å². The van der Waals surface area contributed by atoms with Crippen LogP contribution >= 0.6 is 0 Å². The number of para-hydroxylation sites is 2. The average Bonchev–Trinajstić information content (AvgIpc) is 3.26. The Labute approximate surface area is 141 Å². The summed E-state index contributed by atoms with van der Waals surface area (Å²) in [6.45, 7) is 8.56. The lowest BCUT2D eigenvalue weighted by Gasteiger charge is -2.17. The Balaban J connectivity index is 1.57. The molecule has 1 unspecified atom stereocenters. The molecule has 5 nitrogen and oxygen atoms in total. The maximum Gasteiger partial charge on any atom is 0.132 e. The Kier molecular flexibility index (Phi) is 3.50. The second-order valence-corrected chi connectivity index (χ2v) is 6.31. The van der Waals surface area contributed by atoms with Gasteiger partial charge in [0.2, 0.25) is 0 Å². The maximum absolute atomic E-state index is 4.68. The molecule has 0 radical (unpaired) electrons. The Hall–Kier alpha value is -2.79. The molecule has 2 aromatic rings. The first-order valence-electron chi connectivity index (χ1n) is 8.14. The molecule has 2 aliphatic rings. The Bertz CT molecular complexity index is 866. The van der Waals surface area contributed by atoms with Gasteiger partial charge >= 0.3 is 0 Å². The fraction of sp³-hybridized carbons (Fsp3) is 0.211. The van der Waals surface area contributed by atoms with Gasteiger partial charge in [0, 0.05) is 11.9 Å². The number of hydrogen-bond acceptors (Lipinski definition) is 4. The Morgan fingerprint density at radius 1 is 1.29 bits per heavy atom. The van der Waals surface area contributed by atoms with Crippen molar-refractivity contribution in [2.75, 3.05) is 0 Å². The van der Waals surface area contributed by atoms with Crippen molar-refractivity contribution in [1.29, 1.82) is 0 Å². The average molecular weight is 319 g/mol. The molecule has 1 aromatic carbocycles. The number of allylic oxidation sites excluding steroid dienone is 3. The second-order valence-electron chi connectivity index (χ2n) is 6.31. The number of benzene rings is 1. The number of H-pyrrole nitrogens is 1. The number of hydrazine groups is 1. The molecule has 24 heavy (non-hydrogen) atoms. The SMILES string of the molecule is C=C(NC1=CNNC1c1nc2ccccc2[nH]1)C1=C(C)[C@@H](C)C=C1. The molecule has 122 valence electrons. The predicted molar refractivity (Wildman–Crippen MR) is 96.5 cm³/mol. The molecule has 1 aliphatic heterocycles. The molecule has 5 heteroatoms. The standard InChI is InChI=1S/C19H21N5/c1-11-8-9-14(12(11)2)13(3)21-17-10-20-24-18(17)19-22-15-6-4-5-7-16(15)23-19/h4-11,18,20-21,24H,3H2,1-2H3,(H,22,23)/t11-,18?/m0/s1. The van der Waals surface area contributed by atoms with Crippen LogP contribution in [-0.2, 0) is 0 Å². The lowest BCUT2D eigenvalue weighted by molar-refractivity contribution is 0.562. The van der Waals surface area contributed by atoms with Crippen molar-refractivity contribution < 1.29 is 0 Å². The van der Waals surface area contributed by atoms with Crippen LogP contribution in [-0.4, -0.2) is 9.97 Å². The highest BCUT2D eigenvalue weighted by Gasteiger charge is 2.25. The third-order valence-electron chi connectivity index (χ3n) is 4.73. The fourth-order valence-electron chi connectivity index (χ4n) is 3.14. The van der Waals surface area contributed by atoms with E-state index in [-0.39, 0.29) is 6.04 Å². The smallest absolute Gasteiger partial charge is 0.132 e. The van der Waals surface area contributed by atoms with Gasteiger partial charge in [-0.1, -0.05) is 43.4 Å². The number of hydrogen-bond donors (Lipinski definition) is 4. The summed E-state index contributed by atoms with van der Waals surface area (Å²) >= 11 is 0. The molecular formula is C19H21N5. The molecule has 1 aliphatic carbocycles. The van der Waals surface area contributed by atoms with Gasteiger partial charge in [-0.05, 0) is 30.5 Å². The van der Waals surface area contributed by atoms with Gasteiger partial charge in [0.1, 0.15) is 11.9 Å². The highest BCUT2D eigenvalue weighted by atomic mass is 15.4. The number of fused-ring (bicyclic) bond motifs is 1. The van der Waals surface area contributed by atoms with E-state index in [1.165, 1.54) is 11.1 Å². The van der Waals surface area contributed by atoms with Crippen molar-refractivity contribution in [3.05, 3.63) is 77.6 Å². The van der Waals surface area contributed by atoms with Gasteiger partial charge < -0.3 is 15.7 Å². The molecule has 0 spiro atoms. The second kappa shape index (κ2) is 5.69. The van der Waals surface area contributed by atoms with Crippen LogP contribution in [0.5, 0.6) is 0 Å². The zero-order valence-corrected chi connectivity index (χ0v) is 13.9. The highest BCUT2D eigenvalue weighted by Crippen LogP contribution is 2.29. The minimum atomic E-state index is -0.0714. The maximum atomic E-state index is 4.68. The van der Waals surface area contributed by atoms with Crippen molar-refractivity contribution in [3.8, 4) is 0 Å². The Morgan fingerprint density at radius 3 is 2.88 bits per heavy atom. The van der Waals surface area contributed by atoms with Crippen molar-refractivity contribution >= 4 is 11.0 Å². The molecular weight excluding hydrogens is 298 g/mol. The number of nitrogens with zero attached hydrogens (tertiary/aromatic N) is 1. The highest BCUT2D eigenvalue weighted by molar-refractivity contribution is 5.75. The van der Waals surface area contributed by atoms with Gasteiger partial charge in [-0.15, -0.1) is 0 Å². The third kappa shape index (κ3) is 2.43. The lowest BCUT2D eigenvalue weighted by atomic mass is 10.0. The van der Waals surface area contributed by atoms with Gasteiger partial charge in [0.05, 0.1) is 16.7 Å². The third-order valence-corrected chi connectivity index (χ3v) is 4.73. The van der Waals surface area contributed by atoms with Crippen LogP contribution in [0.4, 0.5) is 0 Å². The zero-order valence-electron chi connectivity index (χ0n) is 13.9. The number of aromatic amines is 1. The summed E-state index contributed by atoms with van der Waals surface area (Å²) in [5.41, 5.74) is 12.7. The summed E-state index contributed by atoms with van der Waals surface area (Å²) in [5, 5.41) is 3.44. The molecule has 0 bridgehead atoms. The molecule has 1 aromatic heterocycles. The largest absolute Gasteiger partial charge is 0.356 e. The lowest BCUT2D eigenvalue weighted by Crippen LogP contribution is -2.28. The molecule has 0 amide bonds. The molecule has 2 heterocycles. The van der Waals surface area contributed by atoms with Crippen LogP contribution in [0, 0.1) is 5.92 Å². The predicted octanol–water partition coefficient (Wildman–Crippen LogP) is 3.18. The monoisotopic (exact) mass is 319 g/mol. The normalized spacial score (nSPS) is 22.8. The minimum absolute atomic E-state index is 0.0714. The first-order chi connectivity index (χ1) is 11.6. The summed E-state index contributed by atoms with van der Waals surface area (Å²) in [7, 11) is 0. The first kappa shape index (κ1) is 14.8. The van der Waals surface area contributed by atoms with E-state index in [4.69, 9.17) is 0 Å². The number of nitrogens with one attached hydrogen (secondary N) is 4. The van der Waals surface area contributed by atoms with Gasteiger partial charge in [-0.3, -0.25) is 0 Å². The quantitative estimate of drug-likeness (QED) is 0.699. The van der Waals surface area contributed by atoms with Crippen molar-refractivity contribution in [3.63, 3.8) is 0 Å². The number of rotatable bonds is 4. The van der Waals surface area contributed by atoms with Crippen LogP contribution < -0.4 is 16.2 Å². The summed E-state index contributed by atoms with van der Waals surface area (Å²) in [5.74, 6) is 1.34. The van der Waals surface area contributed by atoms with Crippen LogP contribution in [0.1, 0.15) is 25.7 Å². The van der Waals surface area contributed by atoms with E-state index in [1.807, 2.05) is 30.5 Å². The molecule has 0 saturated heterocycles. The van der Waals surface area contributed by atoms with Crippen LogP contribution in [0.3, 0.4) is 0 Å². The number of aromatic nitrogens is 2. The Morgan fingerprint density at radius 2 is 2.12 bits per heavy atom. The van der Waals surface area contributed by atoms with Crippen LogP contribution in [0.15, 0.2) is 71.7 Å². The van der Waals surface area contributed by atoms with Crippen molar-refractivity contribution in [1.82, 2.24) is 26.1 Å². The summed E-state index contributed by atoms with van der Waals surface area (Å²) in [6.07, 6.45) is 6.26. The van der Waals surface area contributed by atoms with Gasteiger partial charge in [-0.25, -0.2) is 10.4 Å². The van der Waals surface area contributed by atoms with Gasteiger partial charge in [0.15, 0.2) is 0 Å². The summed E-state index contributed by atoms with van der Waals surface area (Å²) in [4.78, 5) is 8.06. The van der Waals surface area contributed by atoms with Crippen molar-refractivity contribution in [2.45, 2.75) is 19.9 Å². The van der Waals surface area contributed by atoms with E-state index in [0.29, 0.717) is 5.92 Å². The molecule has 0 saturated carbocycles. The van der Waals surface area contributed by atoms with Gasteiger partial charge in [0.25, 0.3) is 0 Å². The topological polar surface area (TPSA) is 64.8 Å².